The Bertz CT molecular complexity index is 6270. The number of anilines is 3. The number of ether oxygens (including phenoxy) is 8. The van der Waals surface area contributed by atoms with Gasteiger partial charge in [-0.1, -0.05) is 261 Å². The lowest BCUT2D eigenvalue weighted by molar-refractivity contribution is -0.119. The molecular weight excluding hydrogens is 1970 g/mol. The van der Waals surface area contributed by atoms with Crippen molar-refractivity contribution in [2.45, 2.75) is 221 Å². The van der Waals surface area contributed by atoms with E-state index in [2.05, 4.69) is 60.0 Å². The Morgan fingerprint density at radius 2 is 0.605 bits per heavy atom. The van der Waals surface area contributed by atoms with Crippen molar-refractivity contribution in [3.63, 3.8) is 0 Å². The average Bonchev–Trinajstić information content (AvgIpc) is 1.70. The second-order valence-electron chi connectivity index (χ2n) is 34.0. The number of nitrogens with zero attached hydrogens (tertiary/aromatic N) is 9. The van der Waals surface area contributed by atoms with Crippen molar-refractivity contribution in [2.75, 3.05) is 70.3 Å². The zero-order chi connectivity index (χ0) is 105. The van der Waals surface area contributed by atoms with Crippen LogP contribution in [0.1, 0.15) is 286 Å². The molecule has 0 bridgehead atoms. The van der Waals surface area contributed by atoms with E-state index in [1.54, 1.807) is 160 Å². The Kier molecular flexibility index (Phi) is 48.7. The number of aryl methyl sites for hydroxylation is 1. The molecule has 0 aliphatic heterocycles. The van der Waals surface area contributed by atoms with Crippen molar-refractivity contribution in [1.82, 2.24) is 44.3 Å². The zero-order valence-corrected chi connectivity index (χ0v) is 88.1. The van der Waals surface area contributed by atoms with Crippen molar-refractivity contribution >= 4 is 140 Å². The van der Waals surface area contributed by atoms with Crippen molar-refractivity contribution in [3.8, 4) is 17.2 Å². The summed E-state index contributed by atoms with van der Waals surface area (Å²) in [5, 5.41) is 23.2. The molecule has 3 aromatic heterocycles. The third-order valence-electron chi connectivity index (χ3n) is 23.0. The fourth-order valence-electron chi connectivity index (χ4n) is 15.0. The van der Waals surface area contributed by atoms with E-state index in [1.807, 2.05) is 49.4 Å². The highest BCUT2D eigenvalue weighted by Crippen LogP contribution is 2.34. The molecule has 0 aliphatic rings. The number of hydrogen-bond donors (Lipinski definition) is 3. The minimum Gasteiger partial charge on any atom is -0.497 e. The van der Waals surface area contributed by atoms with Crippen LogP contribution >= 0.6 is 58.5 Å². The van der Waals surface area contributed by atoms with Crippen LogP contribution in [0.5, 0.6) is 17.2 Å². The van der Waals surface area contributed by atoms with E-state index in [0.717, 1.165) is 60.8 Å². The van der Waals surface area contributed by atoms with Gasteiger partial charge in [0, 0.05) is 33.9 Å². The first kappa shape index (κ1) is 115. The van der Waals surface area contributed by atoms with Crippen molar-refractivity contribution in [1.29, 1.82) is 0 Å². The maximum Gasteiger partial charge on any atom is 0.338 e. The minimum absolute atomic E-state index is 0.142. The Hall–Kier alpha value is -13.8. The second-order valence-corrected chi connectivity index (χ2v) is 37.6. The number of halogens is 2. The van der Waals surface area contributed by atoms with Gasteiger partial charge in [0.05, 0.1) is 109 Å². The molecule has 147 heavy (non-hydrogen) atoms. The first-order valence-corrected chi connectivity index (χ1v) is 52.9. The molecule has 9 aromatic carbocycles. The van der Waals surface area contributed by atoms with Crippen LogP contribution < -0.4 is 30.2 Å². The SMILES string of the molecule is CCCCCCCCCCCCOC(=O)c1ccc(Cl)c(NC(=O)C(C(=O)c2ccc(OC)cc2)n2cnc(SCc3ccc(C(=O)OCC)cc3)n2)c1.CCCCCCCCCCCCOC(=O)c1ccc(OC)c(NC(=O)C(C(=O)c2ccc(OC)cc2)n2cnc(SCc3ccc(C(=O)OCC)cc3)n2)c1.CCOC(=O)c1ccc(CSc2ncn(C(C(=O)Nc3cc(C)ccc3Cl)C(=O)c3ccccc3)n2)cc1. The van der Waals surface area contributed by atoms with Gasteiger partial charge in [0.25, 0.3) is 17.7 Å². The Morgan fingerprint density at radius 3 is 0.946 bits per heavy atom. The van der Waals surface area contributed by atoms with E-state index in [1.165, 1.54) is 204 Å². The van der Waals surface area contributed by atoms with Crippen molar-refractivity contribution in [2.24, 2.45) is 0 Å². The predicted octanol–water partition coefficient (Wildman–Crippen LogP) is 24.2. The second kappa shape index (κ2) is 62.2. The topological polar surface area (TPSA) is 390 Å². The Balaban J connectivity index is 0.000000230. The number of benzene rings is 9. The number of thioether (sulfide) groups is 3. The number of ketones is 3. The van der Waals surface area contributed by atoms with E-state index < -0.39 is 77.1 Å². The van der Waals surface area contributed by atoms with Gasteiger partial charge in [0.15, 0.2) is 35.5 Å². The number of unbranched alkanes of at least 4 members (excludes halogenated alkanes) is 18. The minimum atomic E-state index is -1.47. The van der Waals surface area contributed by atoms with Crippen LogP contribution in [0.2, 0.25) is 10.0 Å². The molecule has 3 amide bonds. The lowest BCUT2D eigenvalue weighted by Gasteiger charge is -2.18. The fraction of sp³-hybridized carbons (Fsp3) is 0.360. The number of esters is 5. The highest BCUT2D eigenvalue weighted by molar-refractivity contribution is 7.98. The number of carbonyl (C=O) groups is 11. The number of Topliss-reactive ketones (excluding diaryl/α,β-unsaturated/α-hetero) is 3. The molecule has 3 heterocycles. The molecule has 3 unspecified atom stereocenters. The molecule has 0 saturated carbocycles. The molecule has 31 nitrogen and oxygen atoms in total. The highest BCUT2D eigenvalue weighted by Gasteiger charge is 2.36. The largest absolute Gasteiger partial charge is 0.497 e. The van der Waals surface area contributed by atoms with E-state index in [4.69, 9.17) is 61.1 Å². The molecule has 3 N–H and O–H groups in total. The summed E-state index contributed by atoms with van der Waals surface area (Å²) in [7, 11) is 4.48. The maximum atomic E-state index is 14.0. The summed E-state index contributed by atoms with van der Waals surface area (Å²) in [6, 6.07) is 52.5. The first-order valence-electron chi connectivity index (χ1n) is 49.2. The lowest BCUT2D eigenvalue weighted by Crippen LogP contribution is -2.33. The number of amides is 3. The van der Waals surface area contributed by atoms with Crippen LogP contribution in [-0.4, -0.2) is 164 Å². The van der Waals surface area contributed by atoms with Gasteiger partial charge in [-0.15, -0.1) is 15.3 Å². The van der Waals surface area contributed by atoms with Gasteiger partial charge in [-0.25, -0.2) is 53.0 Å². The fourth-order valence-corrected chi connectivity index (χ4v) is 17.6. The normalized spacial score (nSPS) is 11.5. The summed E-state index contributed by atoms with van der Waals surface area (Å²) in [5.41, 5.74) is 7.11. The molecule has 12 rings (SSSR count). The molecule has 0 radical (unpaired) electrons. The van der Waals surface area contributed by atoms with Crippen LogP contribution in [0.25, 0.3) is 0 Å². The van der Waals surface area contributed by atoms with Crippen LogP contribution in [-0.2, 0) is 55.3 Å². The zero-order valence-electron chi connectivity index (χ0n) is 84.2. The van der Waals surface area contributed by atoms with Crippen molar-refractivity contribution in [3.05, 3.63) is 302 Å². The van der Waals surface area contributed by atoms with E-state index in [-0.39, 0.29) is 51.2 Å². The average molecular weight is 2100 g/mol. The summed E-state index contributed by atoms with van der Waals surface area (Å²) in [6.07, 6.45) is 27.5. The molecular formula is C111H126Cl2N12O19S3. The lowest BCUT2D eigenvalue weighted by atomic mass is 10.0. The molecule has 776 valence electrons. The van der Waals surface area contributed by atoms with Crippen LogP contribution in [0, 0.1) is 6.92 Å². The highest BCUT2D eigenvalue weighted by atomic mass is 35.5. The summed E-state index contributed by atoms with van der Waals surface area (Å²) < 4.78 is 45.8. The molecule has 0 spiro atoms. The van der Waals surface area contributed by atoms with E-state index in [0.29, 0.717) is 109 Å². The first-order chi connectivity index (χ1) is 71.4. The molecule has 12 aromatic rings. The number of hydrogen-bond acceptors (Lipinski definition) is 28. The maximum absolute atomic E-state index is 14.0. The van der Waals surface area contributed by atoms with Gasteiger partial charge >= 0.3 is 29.8 Å². The number of nitrogens with one attached hydrogen (secondary N) is 3. The third-order valence-corrected chi connectivity index (χ3v) is 26.5. The van der Waals surface area contributed by atoms with Crippen molar-refractivity contribution < 1.29 is 90.6 Å². The predicted molar refractivity (Wildman–Crippen MR) is 569 cm³/mol. The smallest absolute Gasteiger partial charge is 0.338 e. The van der Waals surface area contributed by atoms with E-state index >= 15 is 0 Å². The summed E-state index contributed by atoms with van der Waals surface area (Å²) in [5.74, 6) is -2.90. The molecule has 0 fully saturated rings. The number of aromatic nitrogens is 9. The summed E-state index contributed by atoms with van der Waals surface area (Å²) in [4.78, 5) is 157. The van der Waals surface area contributed by atoms with Gasteiger partial charge in [0.1, 0.15) is 36.2 Å². The number of carbonyl (C=O) groups excluding carboxylic acids is 11. The third kappa shape index (κ3) is 37.0. The monoisotopic (exact) mass is 2100 g/mol. The molecule has 36 heteroatoms. The van der Waals surface area contributed by atoms with Gasteiger partial charge < -0.3 is 53.8 Å². The van der Waals surface area contributed by atoms with Crippen LogP contribution in [0.4, 0.5) is 17.1 Å². The van der Waals surface area contributed by atoms with Gasteiger partial charge in [-0.2, -0.15) is 0 Å². The quantitative estimate of drug-likeness (QED) is 0.00796. The van der Waals surface area contributed by atoms with Crippen LogP contribution in [0.3, 0.4) is 0 Å². The Morgan fingerprint density at radius 1 is 0.313 bits per heavy atom. The van der Waals surface area contributed by atoms with E-state index in [9.17, 15) is 52.7 Å². The van der Waals surface area contributed by atoms with Gasteiger partial charge in [0.2, 0.25) is 15.5 Å². The number of rotatable bonds is 57. The Labute approximate surface area is 879 Å². The van der Waals surface area contributed by atoms with Gasteiger partial charge in [-0.3, -0.25) is 28.8 Å². The number of methoxy groups -OCH3 is 3. The molecule has 3 atom stereocenters. The summed E-state index contributed by atoms with van der Waals surface area (Å²) >= 11 is 16.7. The standard InChI is InChI=1S/C42H52N4O8S.C41H49ClN4O7S.C28H25ClN4O4S/c1-5-7-8-9-10-11-12-13-14-15-26-54-41(50)33-22-25-36(52-4)35(27-33)44-39(48)37(38(47)31-20-23-34(51-3)24-21-31)46-29-43-42(45-46)55-28-30-16-18-32(19-17-30)40(49)53-6-2;1-4-6-7-8-9-10-11-12-13-14-25-53-40(50)32-21-24-34(42)35(26-32)44-38(48)36(37(47)30-19-22-33(51-3)23-20-30)46-28-43-41(45-46)54-27-29-15-17-31(18-16-29)39(49)52-5-2;1-3-37-27(36)21-12-10-19(11-13-21)16-38-28-30-17-33(32-28)24(25(34)20-7-5-4-6-8-20)26(35)31-23-15-18(2)9-14-22(23)29/h16-25,27,29,37H,5-15,26,28H2,1-4H3,(H,44,48);15-24,26,28,36H,4-14,25,27H2,1-3H3,(H,44,48);4-15,17,24H,3,16H2,1-2H3,(H,31,35). The molecule has 0 saturated heterocycles. The van der Waals surface area contributed by atoms with Gasteiger partial charge in [-0.05, 0) is 196 Å². The molecule has 0 aliphatic carbocycles. The van der Waals surface area contributed by atoms with Crippen LogP contribution in [0.15, 0.2) is 241 Å². The summed E-state index contributed by atoms with van der Waals surface area (Å²) in [6.45, 7) is 13.1.